The number of nitrogens with one attached hydrogen (secondary N) is 1. The number of nitrogens with zero attached hydrogens (tertiary/aromatic N) is 3. The monoisotopic (exact) mass is 514 g/mol. The van der Waals surface area contributed by atoms with Gasteiger partial charge in [0.25, 0.3) is 0 Å². The molecule has 2 N–H and O–H groups in total. The summed E-state index contributed by atoms with van der Waals surface area (Å²) in [5, 5.41) is 13.4. The van der Waals surface area contributed by atoms with Crippen LogP contribution in [0.3, 0.4) is 0 Å². The van der Waals surface area contributed by atoms with E-state index in [-0.39, 0.29) is 23.2 Å². The summed E-state index contributed by atoms with van der Waals surface area (Å²) in [6.07, 6.45) is 5.01. The zero-order chi connectivity index (χ0) is 25.4. The molecule has 190 valence electrons. The molecule has 36 heavy (non-hydrogen) atoms. The van der Waals surface area contributed by atoms with Crippen molar-refractivity contribution >= 4 is 29.2 Å². The molecular weight excluding hydrogens is 486 g/mol. The highest BCUT2D eigenvalue weighted by atomic mass is 35.5. The number of anilines is 1. The van der Waals surface area contributed by atoms with Gasteiger partial charge in [-0.05, 0) is 74.9 Å². The lowest BCUT2D eigenvalue weighted by Crippen LogP contribution is -2.50. The van der Waals surface area contributed by atoms with Crippen LogP contribution in [0.2, 0.25) is 5.02 Å². The van der Waals surface area contributed by atoms with Gasteiger partial charge in [0, 0.05) is 24.6 Å². The van der Waals surface area contributed by atoms with Crippen molar-refractivity contribution in [3.05, 3.63) is 69.9 Å². The van der Waals surface area contributed by atoms with E-state index in [1.54, 1.807) is 18.2 Å². The van der Waals surface area contributed by atoms with Gasteiger partial charge in [-0.1, -0.05) is 23.7 Å². The molecule has 1 aromatic heterocycles. The lowest BCUT2D eigenvalue weighted by Gasteiger charge is -2.43. The Kier molecular flexibility index (Phi) is 6.83. The maximum absolute atomic E-state index is 14.8. The number of carbonyl (C=O) groups is 1. The summed E-state index contributed by atoms with van der Waals surface area (Å²) in [5.41, 5.74) is 0.730. The second-order valence-electron chi connectivity index (χ2n) is 10.2. The number of piperidine rings is 1. The summed E-state index contributed by atoms with van der Waals surface area (Å²) >= 11 is 5.92. The molecule has 1 aromatic carbocycles. The van der Waals surface area contributed by atoms with Crippen LogP contribution in [0.1, 0.15) is 43.9 Å². The van der Waals surface area contributed by atoms with Gasteiger partial charge >= 0.3 is 5.97 Å². The Morgan fingerprint density at radius 1 is 1.28 bits per heavy atom. The first-order chi connectivity index (χ1) is 17.2. The number of hydrogen-bond donors (Lipinski definition) is 2. The van der Waals surface area contributed by atoms with E-state index >= 15 is 0 Å². The highest BCUT2D eigenvalue weighted by Gasteiger charge is 2.45. The number of rotatable bonds is 7. The van der Waals surface area contributed by atoms with E-state index in [0.717, 1.165) is 0 Å². The molecular formula is C27H29ClF2N4O2. The van der Waals surface area contributed by atoms with Gasteiger partial charge < -0.3 is 10.4 Å². The lowest BCUT2D eigenvalue weighted by atomic mass is 9.72. The highest BCUT2D eigenvalue weighted by molar-refractivity contribution is 6.30. The Morgan fingerprint density at radius 3 is 2.81 bits per heavy atom. The highest BCUT2D eigenvalue weighted by Crippen LogP contribution is 2.40. The number of hydrogen-bond acceptors (Lipinski definition) is 5. The number of carboxylic acids is 1. The Hall–Kier alpha value is -2.84. The van der Waals surface area contributed by atoms with Crippen molar-refractivity contribution in [3.8, 4) is 0 Å². The molecule has 3 heterocycles. The number of halogens is 3. The van der Waals surface area contributed by atoms with Crippen molar-refractivity contribution in [2.75, 3.05) is 18.4 Å². The first kappa shape index (κ1) is 24.8. The predicted octanol–water partition coefficient (Wildman–Crippen LogP) is 5.47. The van der Waals surface area contributed by atoms with Gasteiger partial charge in [0.1, 0.15) is 23.3 Å². The van der Waals surface area contributed by atoms with Crippen LogP contribution >= 0.6 is 11.6 Å². The number of carboxylic acid groups (broad SMARTS) is 1. The predicted molar refractivity (Wildman–Crippen MR) is 135 cm³/mol. The molecule has 2 unspecified atom stereocenters. The fraction of sp³-hybridized carbons (Fsp3) is 0.444. The fourth-order valence-electron chi connectivity index (χ4n) is 5.28. The maximum Gasteiger partial charge on any atom is 0.310 e. The van der Waals surface area contributed by atoms with Crippen molar-refractivity contribution < 1.29 is 18.7 Å². The zero-order valence-electron chi connectivity index (χ0n) is 20.1. The van der Waals surface area contributed by atoms with Gasteiger partial charge in [0.2, 0.25) is 0 Å². The van der Waals surface area contributed by atoms with Crippen LogP contribution in [0.15, 0.2) is 47.0 Å². The number of likely N-dealkylation sites (tertiary alicyclic amines) is 1. The molecule has 2 fully saturated rings. The SMILES string of the molecule is CC1CC(Cc2nc(NC3=NCC(C4CC4)=C3)ccc2F)(C(=O)O)CCN1Cc1cccc(Cl)c1F. The number of aliphatic carboxylic acids is 1. The second kappa shape index (κ2) is 9.90. The largest absolute Gasteiger partial charge is 0.481 e. The van der Waals surface area contributed by atoms with Gasteiger partial charge in [-0.3, -0.25) is 14.7 Å². The normalized spacial score (nSPS) is 24.4. The van der Waals surface area contributed by atoms with Crippen LogP contribution in [-0.4, -0.2) is 45.9 Å². The maximum atomic E-state index is 14.8. The minimum absolute atomic E-state index is 0.0248. The third-order valence-electron chi connectivity index (χ3n) is 7.58. The second-order valence-corrected chi connectivity index (χ2v) is 10.6. The van der Waals surface area contributed by atoms with E-state index in [1.165, 1.54) is 30.5 Å². The molecule has 0 amide bonds. The molecule has 6 nitrogen and oxygen atoms in total. The smallest absolute Gasteiger partial charge is 0.310 e. The fourth-order valence-corrected chi connectivity index (χ4v) is 5.47. The summed E-state index contributed by atoms with van der Waals surface area (Å²) in [6, 6.07) is 7.59. The lowest BCUT2D eigenvalue weighted by molar-refractivity contribution is -0.153. The number of aliphatic imine (C=N–C) groups is 1. The summed E-state index contributed by atoms with van der Waals surface area (Å²) in [4.78, 5) is 23.5. The van der Waals surface area contributed by atoms with Crippen molar-refractivity contribution in [1.29, 1.82) is 0 Å². The van der Waals surface area contributed by atoms with Crippen molar-refractivity contribution in [1.82, 2.24) is 9.88 Å². The number of benzene rings is 1. The number of amidine groups is 1. The van der Waals surface area contributed by atoms with Crippen LogP contribution in [0.4, 0.5) is 14.6 Å². The third kappa shape index (κ3) is 5.15. The van der Waals surface area contributed by atoms with E-state index in [4.69, 9.17) is 11.6 Å². The Balaban J connectivity index is 1.30. The molecule has 2 atom stereocenters. The average Bonchev–Trinajstić information content (AvgIpc) is 3.59. The van der Waals surface area contributed by atoms with Gasteiger partial charge in [-0.25, -0.2) is 13.8 Å². The molecule has 1 saturated heterocycles. The molecule has 0 bridgehead atoms. The molecule has 1 aliphatic carbocycles. The van der Waals surface area contributed by atoms with Crippen LogP contribution in [0.5, 0.6) is 0 Å². The van der Waals surface area contributed by atoms with Crippen LogP contribution in [-0.2, 0) is 17.8 Å². The van der Waals surface area contributed by atoms with Crippen molar-refractivity contribution in [3.63, 3.8) is 0 Å². The first-order valence-corrected chi connectivity index (χ1v) is 12.7. The van der Waals surface area contributed by atoms with Gasteiger partial charge in [0.15, 0.2) is 0 Å². The summed E-state index contributed by atoms with van der Waals surface area (Å²) in [7, 11) is 0. The Morgan fingerprint density at radius 2 is 2.08 bits per heavy atom. The molecule has 3 aliphatic rings. The summed E-state index contributed by atoms with van der Waals surface area (Å²) in [6.45, 7) is 3.36. The van der Waals surface area contributed by atoms with E-state index in [2.05, 4.69) is 15.3 Å². The third-order valence-corrected chi connectivity index (χ3v) is 7.87. The van der Waals surface area contributed by atoms with Crippen molar-refractivity contribution in [2.45, 2.75) is 51.6 Å². The topological polar surface area (TPSA) is 77.8 Å². The van der Waals surface area contributed by atoms with Crippen LogP contribution < -0.4 is 5.32 Å². The Bertz CT molecular complexity index is 1250. The molecule has 2 aromatic rings. The minimum Gasteiger partial charge on any atom is -0.481 e. The first-order valence-electron chi connectivity index (χ1n) is 12.3. The number of pyridine rings is 1. The average molecular weight is 515 g/mol. The van der Waals surface area contributed by atoms with Gasteiger partial charge in [-0.15, -0.1) is 0 Å². The molecule has 9 heteroatoms. The van der Waals surface area contributed by atoms with Crippen LogP contribution in [0, 0.1) is 23.0 Å². The van der Waals surface area contributed by atoms with Gasteiger partial charge in [0.05, 0.1) is 22.7 Å². The number of aromatic nitrogens is 1. The molecule has 1 saturated carbocycles. The molecule has 5 rings (SSSR count). The quantitative estimate of drug-likeness (QED) is 0.512. The van der Waals surface area contributed by atoms with E-state index in [1.807, 2.05) is 17.9 Å². The van der Waals surface area contributed by atoms with E-state index in [0.29, 0.717) is 55.6 Å². The minimum atomic E-state index is -1.17. The van der Waals surface area contributed by atoms with Crippen molar-refractivity contribution in [2.24, 2.45) is 16.3 Å². The Labute approximate surface area is 214 Å². The standard InChI is InChI=1S/C27H29ClF2N4O2/c1-16-12-27(26(35)36,9-10-34(16)15-18-3-2-4-20(28)25(18)30)13-22-21(29)7-8-23(32-22)33-24-11-19(14-31-24)17-5-6-17/h2-4,7-8,11,16-17H,5-6,9-10,12-15H2,1H3,(H,35,36)(H,31,32,33). The zero-order valence-corrected chi connectivity index (χ0v) is 20.9. The molecule has 2 aliphatic heterocycles. The molecule has 0 radical (unpaired) electrons. The molecule has 0 spiro atoms. The van der Waals surface area contributed by atoms with E-state index < -0.39 is 23.0 Å². The van der Waals surface area contributed by atoms with Crippen LogP contribution in [0.25, 0.3) is 0 Å². The summed E-state index contributed by atoms with van der Waals surface area (Å²) in [5.74, 6) is -0.183. The van der Waals surface area contributed by atoms with Gasteiger partial charge in [-0.2, -0.15) is 0 Å². The van der Waals surface area contributed by atoms with E-state index in [9.17, 15) is 18.7 Å². The summed E-state index contributed by atoms with van der Waals surface area (Å²) < 4.78 is 29.2.